The molecule has 0 spiro atoms. The summed E-state index contributed by atoms with van der Waals surface area (Å²) in [4.78, 5) is 13.3. The van der Waals surface area contributed by atoms with E-state index in [-0.39, 0.29) is 6.09 Å². The summed E-state index contributed by atoms with van der Waals surface area (Å²) in [7, 11) is 0. The van der Waals surface area contributed by atoms with Gasteiger partial charge < -0.3 is 4.74 Å². The first kappa shape index (κ1) is 11.7. The van der Waals surface area contributed by atoms with E-state index in [0.29, 0.717) is 13.1 Å². The largest absolute Gasteiger partial charge is 0.430 e. The maximum atomic E-state index is 11.6. The predicted molar refractivity (Wildman–Crippen MR) is 65.2 cm³/mol. The van der Waals surface area contributed by atoms with Crippen molar-refractivity contribution in [2.45, 2.75) is 25.6 Å². The molecule has 0 N–H and O–H groups in total. The topological polar surface area (TPSA) is 29.5 Å². The standard InChI is InChI=1S/C11H11BrClNO2/c1-7(13)16-11(15)14-5-8-3-2-4-10(12)9(8)6-14/h2-4,7H,5-6H2,1H3/t7-/m0/s1. The van der Waals surface area contributed by atoms with E-state index in [1.165, 1.54) is 0 Å². The fraction of sp³-hybridized carbons (Fsp3) is 0.364. The van der Waals surface area contributed by atoms with E-state index >= 15 is 0 Å². The highest BCUT2D eigenvalue weighted by Gasteiger charge is 2.26. The summed E-state index contributed by atoms with van der Waals surface area (Å²) in [6.07, 6.45) is -0.370. The molecule has 1 aliphatic heterocycles. The monoisotopic (exact) mass is 303 g/mol. The van der Waals surface area contributed by atoms with Gasteiger partial charge in [0.15, 0.2) is 5.56 Å². The van der Waals surface area contributed by atoms with Gasteiger partial charge in [-0.3, -0.25) is 4.90 Å². The van der Waals surface area contributed by atoms with Gasteiger partial charge in [-0.1, -0.05) is 39.7 Å². The molecule has 1 aromatic rings. The number of fused-ring (bicyclic) bond motifs is 1. The van der Waals surface area contributed by atoms with Gasteiger partial charge in [0, 0.05) is 11.0 Å². The third kappa shape index (κ3) is 2.33. The number of benzene rings is 1. The summed E-state index contributed by atoms with van der Waals surface area (Å²) < 4.78 is 5.97. The highest BCUT2D eigenvalue weighted by Crippen LogP contribution is 2.29. The molecule has 3 nitrogen and oxygen atoms in total. The first-order chi connectivity index (χ1) is 7.58. The number of alkyl halides is 1. The molecule has 1 aliphatic rings. The first-order valence-electron chi connectivity index (χ1n) is 4.94. The van der Waals surface area contributed by atoms with Crippen LogP contribution in [0.2, 0.25) is 0 Å². The van der Waals surface area contributed by atoms with Crippen LogP contribution in [-0.4, -0.2) is 16.6 Å². The molecule has 0 aromatic heterocycles. The molecule has 1 aromatic carbocycles. The molecule has 0 aliphatic carbocycles. The highest BCUT2D eigenvalue weighted by atomic mass is 79.9. The number of nitrogens with zero attached hydrogens (tertiary/aromatic N) is 1. The van der Waals surface area contributed by atoms with Gasteiger partial charge in [-0.05, 0) is 24.1 Å². The Hall–Kier alpha value is -0.740. The number of halogens is 2. The number of carbonyl (C=O) groups is 1. The summed E-state index contributed by atoms with van der Waals surface area (Å²) in [6.45, 7) is 2.77. The summed E-state index contributed by atoms with van der Waals surface area (Å²) in [5.74, 6) is 0. The average molecular weight is 305 g/mol. The fourth-order valence-electron chi connectivity index (χ4n) is 1.72. The van der Waals surface area contributed by atoms with Crippen molar-refractivity contribution in [2.24, 2.45) is 0 Å². The Balaban J connectivity index is 2.11. The second-order valence-corrected chi connectivity index (χ2v) is 5.13. The van der Waals surface area contributed by atoms with E-state index in [4.69, 9.17) is 16.3 Å². The first-order valence-corrected chi connectivity index (χ1v) is 6.17. The molecule has 0 unspecified atom stereocenters. The van der Waals surface area contributed by atoms with Crippen LogP contribution in [0.4, 0.5) is 4.79 Å². The minimum atomic E-state index is -0.598. The number of hydrogen-bond acceptors (Lipinski definition) is 2. The van der Waals surface area contributed by atoms with Crippen molar-refractivity contribution in [3.63, 3.8) is 0 Å². The lowest BCUT2D eigenvalue weighted by atomic mass is 10.1. The van der Waals surface area contributed by atoms with E-state index < -0.39 is 5.56 Å². The molecule has 1 atom stereocenters. The molecule has 1 heterocycles. The van der Waals surface area contributed by atoms with Crippen LogP contribution in [0.25, 0.3) is 0 Å². The quantitative estimate of drug-likeness (QED) is 0.743. The van der Waals surface area contributed by atoms with Crippen LogP contribution >= 0.6 is 27.5 Å². The van der Waals surface area contributed by atoms with Crippen molar-refractivity contribution in [3.05, 3.63) is 33.8 Å². The molecular formula is C11H11BrClNO2. The zero-order chi connectivity index (χ0) is 11.7. The van der Waals surface area contributed by atoms with E-state index in [1.54, 1.807) is 11.8 Å². The Bertz CT molecular complexity index is 422. The molecule has 5 heteroatoms. The molecule has 0 fully saturated rings. The lowest BCUT2D eigenvalue weighted by Crippen LogP contribution is -2.27. The Kier molecular flexibility index (Phi) is 3.40. The zero-order valence-electron chi connectivity index (χ0n) is 8.74. The van der Waals surface area contributed by atoms with Crippen molar-refractivity contribution in [1.82, 2.24) is 4.90 Å². The number of rotatable bonds is 1. The minimum absolute atomic E-state index is 0.370. The third-order valence-corrected chi connectivity index (χ3v) is 3.28. The van der Waals surface area contributed by atoms with Gasteiger partial charge in [0.1, 0.15) is 0 Å². The zero-order valence-corrected chi connectivity index (χ0v) is 11.1. The van der Waals surface area contributed by atoms with Crippen molar-refractivity contribution < 1.29 is 9.53 Å². The molecule has 0 saturated heterocycles. The highest BCUT2D eigenvalue weighted by molar-refractivity contribution is 9.10. The van der Waals surface area contributed by atoms with Crippen molar-refractivity contribution in [1.29, 1.82) is 0 Å². The Morgan fingerprint density at radius 3 is 2.94 bits per heavy atom. The van der Waals surface area contributed by atoms with Gasteiger partial charge in [0.05, 0.1) is 6.54 Å². The van der Waals surface area contributed by atoms with Crippen LogP contribution in [-0.2, 0) is 17.8 Å². The molecule has 86 valence electrons. The molecule has 1 amide bonds. The molecule has 16 heavy (non-hydrogen) atoms. The third-order valence-electron chi connectivity index (χ3n) is 2.45. The fourth-order valence-corrected chi connectivity index (χ4v) is 2.33. The van der Waals surface area contributed by atoms with Gasteiger partial charge in [0.25, 0.3) is 0 Å². The second kappa shape index (κ2) is 4.63. The van der Waals surface area contributed by atoms with E-state index in [9.17, 15) is 4.79 Å². The maximum absolute atomic E-state index is 11.6. The number of hydrogen-bond donors (Lipinski definition) is 0. The molecular weight excluding hydrogens is 293 g/mol. The normalized spacial score (nSPS) is 15.8. The van der Waals surface area contributed by atoms with Crippen LogP contribution in [0.15, 0.2) is 22.7 Å². The van der Waals surface area contributed by atoms with Crippen LogP contribution in [0.5, 0.6) is 0 Å². The summed E-state index contributed by atoms with van der Waals surface area (Å²) in [5, 5.41) is 0. The van der Waals surface area contributed by atoms with Crippen molar-refractivity contribution in [3.8, 4) is 0 Å². The second-order valence-electron chi connectivity index (χ2n) is 3.66. The van der Waals surface area contributed by atoms with Gasteiger partial charge in [-0.15, -0.1) is 0 Å². The molecule has 0 radical (unpaired) electrons. The van der Waals surface area contributed by atoms with Gasteiger partial charge in [-0.25, -0.2) is 4.79 Å². The van der Waals surface area contributed by atoms with Crippen LogP contribution < -0.4 is 0 Å². The number of amides is 1. The van der Waals surface area contributed by atoms with Gasteiger partial charge >= 0.3 is 6.09 Å². The van der Waals surface area contributed by atoms with Gasteiger partial charge in [0.2, 0.25) is 0 Å². The van der Waals surface area contributed by atoms with Crippen LogP contribution in [0, 0.1) is 0 Å². The van der Waals surface area contributed by atoms with Gasteiger partial charge in [-0.2, -0.15) is 0 Å². The van der Waals surface area contributed by atoms with Crippen molar-refractivity contribution in [2.75, 3.05) is 0 Å². The number of ether oxygens (including phenoxy) is 1. The number of carbonyl (C=O) groups excluding carboxylic acids is 1. The smallest absolute Gasteiger partial charge is 0.411 e. The predicted octanol–water partition coefficient (Wildman–Crippen LogP) is 3.49. The SMILES string of the molecule is C[C@@H](Cl)OC(=O)N1Cc2cccc(Br)c2C1. The Morgan fingerprint density at radius 2 is 2.31 bits per heavy atom. The Morgan fingerprint density at radius 1 is 1.56 bits per heavy atom. The van der Waals surface area contributed by atoms with Crippen molar-refractivity contribution >= 4 is 33.6 Å². The molecule has 2 rings (SSSR count). The lowest BCUT2D eigenvalue weighted by molar-refractivity contribution is 0.0950. The average Bonchev–Trinajstić information content (AvgIpc) is 2.61. The molecule has 0 bridgehead atoms. The Labute approximate surface area is 107 Å². The van der Waals surface area contributed by atoms with E-state index in [2.05, 4.69) is 15.9 Å². The summed E-state index contributed by atoms with van der Waals surface area (Å²) in [6, 6.07) is 5.94. The van der Waals surface area contributed by atoms with Crippen LogP contribution in [0.3, 0.4) is 0 Å². The lowest BCUT2D eigenvalue weighted by Gasteiger charge is -2.16. The van der Waals surface area contributed by atoms with E-state index in [0.717, 1.165) is 15.6 Å². The van der Waals surface area contributed by atoms with Crippen LogP contribution in [0.1, 0.15) is 18.1 Å². The summed E-state index contributed by atoms with van der Waals surface area (Å²) in [5.41, 5.74) is 1.69. The van der Waals surface area contributed by atoms with E-state index in [1.807, 2.05) is 18.2 Å². The minimum Gasteiger partial charge on any atom is -0.430 e. The molecule has 0 saturated carbocycles. The summed E-state index contributed by atoms with van der Waals surface area (Å²) >= 11 is 9.08. The maximum Gasteiger partial charge on any atom is 0.411 e.